The van der Waals surface area contributed by atoms with Gasteiger partial charge in [-0.1, -0.05) is 24.3 Å². The van der Waals surface area contributed by atoms with Gasteiger partial charge in [0.25, 0.3) is 0 Å². The van der Waals surface area contributed by atoms with E-state index in [1.54, 1.807) is 0 Å². The molecule has 1 nitrogen and oxygen atoms in total. The van der Waals surface area contributed by atoms with Crippen LogP contribution in [0.4, 0.5) is 0 Å². The van der Waals surface area contributed by atoms with E-state index >= 15 is 0 Å². The Balaban J connectivity index is 2.24. The third kappa shape index (κ3) is 0.681. The van der Waals surface area contributed by atoms with Crippen LogP contribution >= 0.6 is 0 Å². The summed E-state index contributed by atoms with van der Waals surface area (Å²) in [7, 11) is 0. The minimum atomic E-state index is 0.630. The highest BCUT2D eigenvalue weighted by Crippen LogP contribution is 2.46. The zero-order valence-electron chi connectivity index (χ0n) is 6.20. The van der Waals surface area contributed by atoms with Crippen LogP contribution in [-0.4, -0.2) is 12.3 Å². The molecule has 1 heterocycles. The molecule has 2 atom stereocenters. The molecule has 1 saturated carbocycles. The second kappa shape index (κ2) is 1.73. The molecule has 2 aliphatic rings. The fourth-order valence-electron chi connectivity index (χ4n) is 1.82. The Bertz CT molecular complexity index is 327. The summed E-state index contributed by atoms with van der Waals surface area (Å²) in [6.07, 6.45) is 3.29. The molecule has 0 aromatic heterocycles. The molecule has 0 bridgehead atoms. The topological polar surface area (TPSA) is 12.4 Å². The van der Waals surface area contributed by atoms with Crippen molar-refractivity contribution in [3.8, 4) is 0 Å². The molecule has 1 fully saturated rings. The van der Waals surface area contributed by atoms with Crippen LogP contribution in [0.2, 0.25) is 0 Å². The van der Waals surface area contributed by atoms with E-state index in [4.69, 9.17) is 0 Å². The molecular formula is C10H9N. The summed E-state index contributed by atoms with van der Waals surface area (Å²) in [6, 6.07) is 9.20. The van der Waals surface area contributed by atoms with Crippen molar-refractivity contribution in [1.82, 2.24) is 0 Å². The molecular weight excluding hydrogens is 134 g/mol. The maximum absolute atomic E-state index is 4.42. The Morgan fingerprint density at radius 3 is 3.18 bits per heavy atom. The van der Waals surface area contributed by atoms with Crippen LogP contribution in [-0.2, 0) is 0 Å². The molecule has 2 unspecified atom stereocenters. The number of fused-ring (bicyclic) bond motifs is 3. The van der Waals surface area contributed by atoms with Crippen LogP contribution in [0.15, 0.2) is 29.3 Å². The summed E-state index contributed by atoms with van der Waals surface area (Å²) in [6.45, 7) is 0. The van der Waals surface area contributed by atoms with Gasteiger partial charge in [0, 0.05) is 12.1 Å². The molecule has 11 heavy (non-hydrogen) atoms. The molecule has 0 spiro atoms. The van der Waals surface area contributed by atoms with Gasteiger partial charge in [-0.15, -0.1) is 0 Å². The van der Waals surface area contributed by atoms with E-state index in [1.807, 2.05) is 6.21 Å². The van der Waals surface area contributed by atoms with E-state index in [0.29, 0.717) is 6.04 Å². The Labute approximate surface area is 65.8 Å². The van der Waals surface area contributed by atoms with Crippen molar-refractivity contribution in [1.29, 1.82) is 0 Å². The van der Waals surface area contributed by atoms with Crippen molar-refractivity contribution in [3.05, 3.63) is 35.4 Å². The number of hydrogen-bond acceptors (Lipinski definition) is 1. The van der Waals surface area contributed by atoms with Gasteiger partial charge < -0.3 is 0 Å². The van der Waals surface area contributed by atoms with Crippen molar-refractivity contribution in [2.75, 3.05) is 0 Å². The quantitative estimate of drug-likeness (QED) is 0.526. The van der Waals surface area contributed by atoms with Gasteiger partial charge in [0.05, 0.1) is 6.04 Å². The molecule has 0 saturated heterocycles. The zero-order valence-corrected chi connectivity index (χ0v) is 6.20. The van der Waals surface area contributed by atoms with Crippen molar-refractivity contribution in [2.45, 2.75) is 18.4 Å². The predicted molar refractivity (Wildman–Crippen MR) is 45.2 cm³/mol. The van der Waals surface area contributed by atoms with Gasteiger partial charge >= 0.3 is 0 Å². The van der Waals surface area contributed by atoms with Crippen molar-refractivity contribution >= 4 is 6.21 Å². The lowest BCUT2D eigenvalue weighted by Crippen LogP contribution is -1.98. The summed E-state index contributed by atoms with van der Waals surface area (Å²) in [5.74, 6) is 0.760. The third-order valence-electron chi connectivity index (χ3n) is 2.56. The molecule has 1 aromatic rings. The highest BCUT2D eigenvalue weighted by molar-refractivity contribution is 5.84. The molecule has 1 aromatic carbocycles. The van der Waals surface area contributed by atoms with E-state index in [9.17, 15) is 0 Å². The summed E-state index contributed by atoms with van der Waals surface area (Å²) >= 11 is 0. The van der Waals surface area contributed by atoms with Crippen LogP contribution in [0.3, 0.4) is 0 Å². The third-order valence-corrected chi connectivity index (χ3v) is 2.56. The number of benzene rings is 1. The SMILES string of the molecule is C1=NC2CC2c2ccccc21. The lowest BCUT2D eigenvalue weighted by atomic mass is 10.0. The second-order valence-corrected chi connectivity index (χ2v) is 3.32. The first-order valence-corrected chi connectivity index (χ1v) is 4.07. The monoisotopic (exact) mass is 143 g/mol. The Morgan fingerprint density at radius 2 is 2.18 bits per heavy atom. The maximum atomic E-state index is 4.42. The smallest absolute Gasteiger partial charge is 0.0575 e. The highest BCUT2D eigenvalue weighted by Gasteiger charge is 2.40. The van der Waals surface area contributed by atoms with E-state index in [0.717, 1.165) is 5.92 Å². The van der Waals surface area contributed by atoms with Crippen LogP contribution in [0.1, 0.15) is 23.5 Å². The minimum absolute atomic E-state index is 0.630. The fraction of sp³-hybridized carbons (Fsp3) is 0.300. The first-order valence-electron chi connectivity index (χ1n) is 4.07. The lowest BCUT2D eigenvalue weighted by molar-refractivity contribution is 0.974. The molecule has 1 aliphatic carbocycles. The first kappa shape index (κ1) is 5.53. The number of aliphatic imine (C=N–C) groups is 1. The Morgan fingerprint density at radius 1 is 1.27 bits per heavy atom. The van der Waals surface area contributed by atoms with Gasteiger partial charge in [0.2, 0.25) is 0 Å². The first-order chi connectivity index (χ1) is 5.45. The number of nitrogens with zero attached hydrogens (tertiary/aromatic N) is 1. The fourth-order valence-corrected chi connectivity index (χ4v) is 1.82. The summed E-state index contributed by atoms with van der Waals surface area (Å²) in [5, 5.41) is 0. The van der Waals surface area contributed by atoms with E-state index in [-0.39, 0.29) is 0 Å². The van der Waals surface area contributed by atoms with Crippen LogP contribution in [0.5, 0.6) is 0 Å². The molecule has 0 radical (unpaired) electrons. The molecule has 1 heteroatoms. The van der Waals surface area contributed by atoms with Gasteiger partial charge in [0.15, 0.2) is 0 Å². The van der Waals surface area contributed by atoms with Crippen LogP contribution < -0.4 is 0 Å². The summed E-state index contributed by atoms with van der Waals surface area (Å²) < 4.78 is 0. The second-order valence-electron chi connectivity index (χ2n) is 3.32. The van der Waals surface area contributed by atoms with Crippen molar-refractivity contribution in [3.63, 3.8) is 0 Å². The zero-order chi connectivity index (χ0) is 7.26. The van der Waals surface area contributed by atoms with Gasteiger partial charge in [-0.3, -0.25) is 4.99 Å². The normalized spacial score (nSPS) is 30.9. The van der Waals surface area contributed by atoms with E-state index in [2.05, 4.69) is 29.3 Å². The predicted octanol–water partition coefficient (Wildman–Crippen LogP) is 1.98. The van der Waals surface area contributed by atoms with Crippen LogP contribution in [0.25, 0.3) is 0 Å². The van der Waals surface area contributed by atoms with Crippen molar-refractivity contribution < 1.29 is 0 Å². The average molecular weight is 143 g/mol. The molecule has 0 amide bonds. The Hall–Kier alpha value is -1.11. The highest BCUT2D eigenvalue weighted by atomic mass is 14.9. The van der Waals surface area contributed by atoms with E-state index in [1.165, 1.54) is 17.5 Å². The lowest BCUT2D eigenvalue weighted by Gasteiger charge is -2.07. The summed E-state index contributed by atoms with van der Waals surface area (Å²) in [4.78, 5) is 4.42. The van der Waals surface area contributed by atoms with Crippen molar-refractivity contribution in [2.24, 2.45) is 4.99 Å². The summed E-state index contributed by atoms with van der Waals surface area (Å²) in [5.41, 5.74) is 2.83. The number of hydrogen-bond donors (Lipinski definition) is 0. The van der Waals surface area contributed by atoms with Gasteiger partial charge in [-0.2, -0.15) is 0 Å². The minimum Gasteiger partial charge on any atom is -0.289 e. The molecule has 3 rings (SSSR count). The molecule has 0 N–H and O–H groups in total. The largest absolute Gasteiger partial charge is 0.289 e. The number of rotatable bonds is 0. The average Bonchev–Trinajstić information content (AvgIpc) is 2.83. The van der Waals surface area contributed by atoms with Gasteiger partial charge in [-0.05, 0) is 17.5 Å². The van der Waals surface area contributed by atoms with E-state index < -0.39 is 0 Å². The molecule has 1 aliphatic heterocycles. The van der Waals surface area contributed by atoms with Gasteiger partial charge in [-0.25, -0.2) is 0 Å². The van der Waals surface area contributed by atoms with Gasteiger partial charge in [0.1, 0.15) is 0 Å². The molecule has 54 valence electrons. The van der Waals surface area contributed by atoms with Crippen LogP contribution in [0, 0.1) is 0 Å². The Kier molecular flexibility index (Phi) is 0.869. The maximum Gasteiger partial charge on any atom is 0.0575 e. The standard InChI is InChI=1S/C10H9N/c1-2-4-8-7(3-1)6-11-10-5-9(8)10/h1-4,6,9-10H,5H2.